The van der Waals surface area contributed by atoms with Gasteiger partial charge in [-0.15, -0.1) is 0 Å². The molecule has 5 aliphatic carbocycles. The van der Waals surface area contributed by atoms with Crippen LogP contribution in [0, 0.1) is 5.92 Å². The summed E-state index contributed by atoms with van der Waals surface area (Å²) >= 11 is 0. The van der Waals surface area contributed by atoms with Crippen LogP contribution >= 0.6 is 0 Å². The first-order valence-corrected chi connectivity index (χ1v) is 25.5. The van der Waals surface area contributed by atoms with Gasteiger partial charge in [0.1, 0.15) is 0 Å². The van der Waals surface area contributed by atoms with Crippen LogP contribution < -0.4 is 15.3 Å². The van der Waals surface area contributed by atoms with Crippen molar-refractivity contribution < 1.29 is 0 Å². The van der Waals surface area contributed by atoms with Crippen LogP contribution in [0.15, 0.2) is 251 Å². The average molecular weight is 842 g/mol. The Morgan fingerprint density at radius 2 is 1.25 bits per heavy atom. The third-order valence-electron chi connectivity index (χ3n) is 15.3. The molecule has 0 N–H and O–H groups in total. The van der Waals surface area contributed by atoms with Crippen LogP contribution in [-0.2, 0) is 0 Å². The van der Waals surface area contributed by atoms with Crippen LogP contribution in [0.1, 0.15) is 44.9 Å². The number of hydrogen-bond acceptors (Lipinski definition) is 2. The molecule has 13 rings (SSSR count). The summed E-state index contributed by atoms with van der Waals surface area (Å²) in [5, 5.41) is 8.76. The number of para-hydroxylation sites is 2. The van der Waals surface area contributed by atoms with Gasteiger partial charge in [0, 0.05) is 45.2 Å². The Labute approximate surface area is 377 Å². The Balaban J connectivity index is 0.952. The minimum Gasteiger partial charge on any atom is -0.359 e. The van der Waals surface area contributed by atoms with Crippen LogP contribution in [0.5, 0.6) is 0 Å². The second-order valence-corrected chi connectivity index (χ2v) is 22.4. The molecule has 64 heavy (non-hydrogen) atoms. The van der Waals surface area contributed by atoms with E-state index in [4.69, 9.17) is 0 Å². The zero-order valence-corrected chi connectivity index (χ0v) is 37.2. The molecule has 4 heteroatoms. The monoisotopic (exact) mass is 841 g/mol. The predicted molar refractivity (Wildman–Crippen MR) is 269 cm³/mol. The summed E-state index contributed by atoms with van der Waals surface area (Å²) in [6, 6.07) is 51.0. The van der Waals surface area contributed by atoms with Gasteiger partial charge in [-0.2, -0.15) is 0 Å². The molecule has 0 radical (unpaired) electrons. The standard InChI is InChI=1S/C60H51N3Si/c1-4-17-46(18-5-1)64(47-19-6-2-7-20-47,48-21-8-3-9-22-48)49-38-35-43(36-39-49)61(42-31-33-44(34-32-42)62-56-28-13-10-23-50(56)51-24-11-14-29-57(51)62)45-37-40-59-55(41-45)54-27-16-26-53-52-25-12-15-30-58(52)63(59)60(53)54/h1-8,10-21,23-26,28-29,31-35,37-38,41,54,58-59H,9,22,27,30,36,39-40H2. The number of aromatic nitrogens is 1. The van der Waals surface area contributed by atoms with E-state index in [9.17, 15) is 0 Å². The molecular formula is C60H51N3Si. The number of benzene rings is 5. The van der Waals surface area contributed by atoms with Crippen molar-refractivity contribution in [1.29, 1.82) is 0 Å². The van der Waals surface area contributed by atoms with Crippen molar-refractivity contribution in [1.82, 2.24) is 9.47 Å². The first kappa shape index (κ1) is 37.7. The summed E-state index contributed by atoms with van der Waals surface area (Å²) in [4.78, 5) is 5.44. The van der Waals surface area contributed by atoms with Gasteiger partial charge in [0.2, 0.25) is 0 Å². The summed E-state index contributed by atoms with van der Waals surface area (Å²) in [6.07, 6.45) is 36.6. The number of anilines is 1. The van der Waals surface area contributed by atoms with E-state index in [1.54, 1.807) is 21.7 Å². The second kappa shape index (κ2) is 15.1. The van der Waals surface area contributed by atoms with Gasteiger partial charge in [-0.05, 0) is 121 Å². The van der Waals surface area contributed by atoms with Crippen molar-refractivity contribution in [2.75, 3.05) is 4.90 Å². The van der Waals surface area contributed by atoms with E-state index in [1.165, 1.54) is 66.1 Å². The topological polar surface area (TPSA) is 11.4 Å². The molecule has 5 aromatic carbocycles. The van der Waals surface area contributed by atoms with Crippen LogP contribution in [-0.4, -0.2) is 29.6 Å². The molecule has 3 nitrogen and oxygen atoms in total. The maximum absolute atomic E-state index is 2.82. The normalized spacial score (nSPS) is 22.1. The van der Waals surface area contributed by atoms with Crippen LogP contribution in [0.2, 0.25) is 0 Å². The molecule has 3 unspecified atom stereocenters. The van der Waals surface area contributed by atoms with Gasteiger partial charge in [0.15, 0.2) is 8.07 Å². The smallest absolute Gasteiger partial charge is 0.171 e. The molecule has 0 saturated carbocycles. The Hall–Kier alpha value is -6.88. The van der Waals surface area contributed by atoms with Gasteiger partial charge in [0.25, 0.3) is 0 Å². The molecule has 0 bridgehead atoms. The predicted octanol–water partition coefficient (Wildman–Crippen LogP) is 12.8. The maximum Gasteiger partial charge on any atom is 0.171 e. The Kier molecular flexibility index (Phi) is 8.91. The van der Waals surface area contributed by atoms with E-state index < -0.39 is 8.07 Å². The highest BCUT2D eigenvalue weighted by Crippen LogP contribution is 2.56. The minimum absolute atomic E-state index is 0.411. The Morgan fingerprint density at radius 3 is 1.94 bits per heavy atom. The molecular weight excluding hydrogens is 791 g/mol. The first-order valence-electron chi connectivity index (χ1n) is 23.5. The highest BCUT2D eigenvalue weighted by Gasteiger charge is 2.51. The lowest BCUT2D eigenvalue weighted by Crippen LogP contribution is -2.62. The summed E-state index contributed by atoms with van der Waals surface area (Å²) in [6.45, 7) is 0. The number of allylic oxidation sites excluding steroid dienone is 14. The molecule has 7 aliphatic rings. The van der Waals surface area contributed by atoms with Crippen LogP contribution in [0.4, 0.5) is 5.69 Å². The van der Waals surface area contributed by atoms with Gasteiger partial charge in [-0.1, -0.05) is 168 Å². The maximum atomic E-state index is 2.82. The van der Waals surface area contributed by atoms with Gasteiger partial charge in [-0.25, -0.2) is 0 Å². The fraction of sp³-hybridized carbons (Fsp3) is 0.167. The molecule has 2 aliphatic heterocycles. The van der Waals surface area contributed by atoms with Gasteiger partial charge < -0.3 is 14.4 Å². The molecule has 1 fully saturated rings. The van der Waals surface area contributed by atoms with Crippen molar-refractivity contribution in [3.8, 4) is 5.69 Å². The Bertz CT molecular complexity index is 3110. The summed E-state index contributed by atoms with van der Waals surface area (Å²) in [5.74, 6) is 0.438. The molecule has 0 amide bonds. The highest BCUT2D eigenvalue weighted by molar-refractivity contribution is 7.12. The third kappa shape index (κ3) is 5.64. The zero-order valence-electron chi connectivity index (χ0n) is 36.2. The second-order valence-electron chi connectivity index (χ2n) is 18.4. The van der Waals surface area contributed by atoms with Crippen LogP contribution in [0.3, 0.4) is 0 Å². The average Bonchev–Trinajstić information content (AvgIpc) is 4.01. The van der Waals surface area contributed by atoms with E-state index in [2.05, 4.69) is 221 Å². The SMILES string of the molecule is C1=CCCC([Si](C2=CC=C(N(C3=CCC4C(=C3)C3CC=CC5=C3N4C3CC=CC=C53)c3ccc(-n4c5ccccc5c5ccccc54)cc3)CC2)(c2ccccc2)c2ccccc2)=C1. The first-order chi connectivity index (χ1) is 31.8. The third-order valence-corrected chi connectivity index (χ3v) is 20.5. The van der Waals surface area contributed by atoms with Crippen molar-refractivity contribution in [3.63, 3.8) is 0 Å². The molecule has 0 spiro atoms. The largest absolute Gasteiger partial charge is 0.359 e. The molecule has 3 heterocycles. The van der Waals surface area contributed by atoms with E-state index in [1.807, 2.05) is 0 Å². The van der Waals surface area contributed by atoms with Crippen LogP contribution in [0.25, 0.3) is 27.5 Å². The number of hydrogen-bond donors (Lipinski definition) is 0. The summed E-state index contributed by atoms with van der Waals surface area (Å²) in [5.41, 5.74) is 13.7. The fourth-order valence-corrected chi connectivity index (χ4v) is 18.0. The van der Waals surface area contributed by atoms with E-state index >= 15 is 0 Å². The summed E-state index contributed by atoms with van der Waals surface area (Å²) < 4.78 is 2.43. The summed E-state index contributed by atoms with van der Waals surface area (Å²) in [7, 11) is -2.52. The lowest BCUT2D eigenvalue weighted by Gasteiger charge is -2.41. The Morgan fingerprint density at radius 1 is 0.562 bits per heavy atom. The lowest BCUT2D eigenvalue weighted by atomic mass is 9.81. The molecule has 3 atom stereocenters. The number of fused-ring (bicyclic) bond motifs is 9. The van der Waals surface area contributed by atoms with Crippen molar-refractivity contribution in [2.45, 2.75) is 57.0 Å². The number of rotatable bonds is 8. The fourth-order valence-electron chi connectivity index (χ4n) is 12.7. The van der Waals surface area contributed by atoms with Crippen molar-refractivity contribution >= 4 is 45.9 Å². The minimum atomic E-state index is -2.52. The van der Waals surface area contributed by atoms with Gasteiger partial charge in [-0.3, -0.25) is 0 Å². The van der Waals surface area contributed by atoms with Crippen molar-refractivity contribution in [3.05, 3.63) is 251 Å². The van der Waals surface area contributed by atoms with Gasteiger partial charge >= 0.3 is 0 Å². The zero-order chi connectivity index (χ0) is 42.2. The molecule has 1 saturated heterocycles. The number of nitrogens with zero attached hydrogens (tertiary/aromatic N) is 3. The van der Waals surface area contributed by atoms with E-state index in [0.29, 0.717) is 18.0 Å². The lowest BCUT2D eigenvalue weighted by molar-refractivity contribution is 0.272. The van der Waals surface area contributed by atoms with E-state index in [0.717, 1.165) is 44.9 Å². The van der Waals surface area contributed by atoms with Gasteiger partial charge in [0.05, 0.1) is 23.1 Å². The molecule has 310 valence electrons. The highest BCUT2D eigenvalue weighted by atomic mass is 28.3. The molecule has 1 aromatic heterocycles. The van der Waals surface area contributed by atoms with E-state index in [-0.39, 0.29) is 0 Å². The molecule has 6 aromatic rings. The quantitative estimate of drug-likeness (QED) is 0.141. The van der Waals surface area contributed by atoms with Crippen molar-refractivity contribution in [2.24, 2.45) is 5.92 Å².